The zero-order valence-corrected chi connectivity index (χ0v) is 23.2. The topological polar surface area (TPSA) is 0 Å². The molecule has 0 atom stereocenters. The van der Waals surface area contributed by atoms with E-state index in [4.69, 9.17) is 0 Å². The van der Waals surface area contributed by atoms with Gasteiger partial charge in [-0.1, -0.05) is 61.1 Å². The first-order chi connectivity index (χ1) is 20.2. The Bertz CT molecular complexity index is 2030. The highest BCUT2D eigenvalue weighted by Gasteiger charge is 2.68. The quantitative estimate of drug-likeness (QED) is 0.136. The van der Waals surface area contributed by atoms with E-state index in [1.807, 2.05) is 12.8 Å². The Labute approximate surface area is 243 Å². The molecular formula is C32H17F11S. The maximum atomic E-state index is 15.6. The highest BCUT2D eigenvalue weighted by atomic mass is 32.5. The Balaban J connectivity index is 1.56. The summed E-state index contributed by atoms with van der Waals surface area (Å²) in [6.07, 6.45) is 0. The molecule has 5 rings (SSSR count). The number of fused-ring (bicyclic) bond motifs is 1. The lowest BCUT2D eigenvalue weighted by molar-refractivity contribution is 0.344. The molecular weight excluding hydrogens is 625 g/mol. The lowest BCUT2D eigenvalue weighted by atomic mass is 9.94. The fourth-order valence-electron chi connectivity index (χ4n) is 4.77. The fourth-order valence-corrected chi connectivity index (χ4v) is 5.63. The minimum atomic E-state index is -10.7. The van der Waals surface area contributed by atoms with Gasteiger partial charge in [0.05, 0.1) is 16.5 Å². The second-order valence-electron chi connectivity index (χ2n) is 10.1. The van der Waals surface area contributed by atoms with Crippen LogP contribution in [0.2, 0.25) is 0 Å². The van der Waals surface area contributed by atoms with Crippen LogP contribution in [0.5, 0.6) is 0 Å². The molecule has 0 heterocycles. The molecule has 0 saturated heterocycles. The molecule has 0 aliphatic heterocycles. The van der Waals surface area contributed by atoms with Crippen LogP contribution in [-0.4, -0.2) is 0 Å². The van der Waals surface area contributed by atoms with Crippen LogP contribution in [-0.2, 0) is 0 Å². The van der Waals surface area contributed by atoms with Gasteiger partial charge in [0.25, 0.3) is 0 Å². The van der Waals surface area contributed by atoms with Gasteiger partial charge in [-0.05, 0) is 84.0 Å². The molecule has 0 aliphatic rings. The van der Waals surface area contributed by atoms with Crippen LogP contribution in [0.25, 0.3) is 33.0 Å². The average Bonchev–Trinajstić information content (AvgIpc) is 2.86. The van der Waals surface area contributed by atoms with E-state index in [2.05, 4.69) is 5.92 Å². The lowest BCUT2D eigenvalue weighted by Gasteiger charge is -2.40. The number of hydrogen-bond donors (Lipinski definition) is 0. The van der Waals surface area contributed by atoms with E-state index >= 15 is 17.6 Å². The third-order valence-electron chi connectivity index (χ3n) is 6.76. The van der Waals surface area contributed by atoms with Crippen molar-refractivity contribution in [2.75, 3.05) is 0 Å². The molecule has 12 heteroatoms. The van der Waals surface area contributed by atoms with Crippen molar-refractivity contribution >= 4 is 21.0 Å². The van der Waals surface area contributed by atoms with Gasteiger partial charge in [0.15, 0.2) is 4.90 Å². The van der Waals surface area contributed by atoms with Crippen molar-refractivity contribution in [2.24, 2.45) is 0 Å². The highest BCUT2D eigenvalue weighted by molar-refractivity contribution is 8.45. The first-order valence-corrected chi connectivity index (χ1v) is 14.4. The van der Waals surface area contributed by atoms with Gasteiger partial charge in [0, 0.05) is 5.56 Å². The molecule has 228 valence electrons. The van der Waals surface area contributed by atoms with Gasteiger partial charge in [0.1, 0.15) is 34.9 Å². The van der Waals surface area contributed by atoms with E-state index in [9.17, 15) is 28.2 Å². The van der Waals surface area contributed by atoms with Crippen molar-refractivity contribution in [1.82, 2.24) is 0 Å². The molecule has 0 aromatic heterocycles. The molecule has 0 unspecified atom stereocenters. The number of aryl methyl sites for hydroxylation is 2. The van der Waals surface area contributed by atoms with Gasteiger partial charge >= 0.3 is 10.2 Å². The van der Waals surface area contributed by atoms with E-state index in [1.54, 1.807) is 24.3 Å². The smallest absolute Gasteiger partial charge is 0.206 e. The molecule has 5 aromatic rings. The Morgan fingerprint density at radius 2 is 1.14 bits per heavy atom. The minimum absolute atomic E-state index is 0.0637. The summed E-state index contributed by atoms with van der Waals surface area (Å²) < 4.78 is 154. The first kappa shape index (κ1) is 30.9. The van der Waals surface area contributed by atoms with Crippen LogP contribution in [0.15, 0.2) is 71.6 Å². The van der Waals surface area contributed by atoms with Gasteiger partial charge in [-0.25, -0.2) is 26.3 Å². The highest BCUT2D eigenvalue weighted by Crippen LogP contribution is 3.02. The van der Waals surface area contributed by atoms with Crippen LogP contribution in [0.1, 0.15) is 22.3 Å². The van der Waals surface area contributed by atoms with Gasteiger partial charge in [0.2, 0.25) is 0 Å². The molecule has 0 aliphatic carbocycles. The van der Waals surface area contributed by atoms with Crippen molar-refractivity contribution in [1.29, 1.82) is 0 Å². The second-order valence-corrected chi connectivity index (χ2v) is 12.5. The third-order valence-corrected chi connectivity index (χ3v) is 7.92. The van der Waals surface area contributed by atoms with Crippen molar-refractivity contribution in [3.8, 4) is 34.1 Å². The van der Waals surface area contributed by atoms with Crippen molar-refractivity contribution in [3.05, 3.63) is 124 Å². The van der Waals surface area contributed by atoms with Crippen LogP contribution in [0.4, 0.5) is 45.8 Å². The van der Waals surface area contributed by atoms with E-state index in [0.717, 1.165) is 23.8 Å². The number of halogens is 11. The molecule has 0 fully saturated rings. The molecule has 44 heavy (non-hydrogen) atoms. The SMILES string of the molecule is Cc1ccc(-c2cc(F)c3c(F)c(-c4cc(C)c(C#Cc5cc(F)c(S(F)(F)(F)(F)F)c(F)c5)c(F)c4)c(F)cc3c2)cc1. The molecule has 0 nitrogen and oxygen atoms in total. The molecule has 0 radical (unpaired) electrons. The summed E-state index contributed by atoms with van der Waals surface area (Å²) >= 11 is 0. The maximum absolute atomic E-state index is 15.6. The summed E-state index contributed by atoms with van der Waals surface area (Å²) in [5.74, 6) is -5.71. The molecule has 0 N–H and O–H groups in total. The van der Waals surface area contributed by atoms with Crippen LogP contribution >= 0.6 is 10.2 Å². The second kappa shape index (κ2) is 9.75. The largest absolute Gasteiger partial charge is 0.315 e. The zero-order chi connectivity index (χ0) is 32.4. The summed E-state index contributed by atoms with van der Waals surface area (Å²) in [7, 11) is -10.7. The van der Waals surface area contributed by atoms with Crippen LogP contribution in [0.3, 0.4) is 0 Å². The predicted molar refractivity (Wildman–Crippen MR) is 148 cm³/mol. The molecule has 0 saturated carbocycles. The third kappa shape index (κ3) is 5.84. The van der Waals surface area contributed by atoms with E-state index in [1.165, 1.54) is 13.0 Å². The molecule has 0 amide bonds. The van der Waals surface area contributed by atoms with Gasteiger partial charge in [-0.2, -0.15) is 0 Å². The number of rotatable bonds is 3. The minimum Gasteiger partial charge on any atom is -0.206 e. The van der Waals surface area contributed by atoms with Crippen molar-refractivity contribution in [2.45, 2.75) is 18.7 Å². The summed E-state index contributed by atoms with van der Waals surface area (Å²) in [6, 6.07) is 12.0. The number of benzene rings is 5. The predicted octanol–water partition coefficient (Wildman–Crippen LogP) is 11.7. The van der Waals surface area contributed by atoms with Crippen LogP contribution < -0.4 is 0 Å². The van der Waals surface area contributed by atoms with E-state index in [0.29, 0.717) is 17.2 Å². The van der Waals surface area contributed by atoms with Gasteiger partial charge in [-0.15, -0.1) is 0 Å². The summed E-state index contributed by atoms with van der Waals surface area (Å²) in [5, 5.41) is -0.632. The summed E-state index contributed by atoms with van der Waals surface area (Å²) in [6.45, 7) is 3.11. The zero-order valence-electron chi connectivity index (χ0n) is 22.4. The summed E-state index contributed by atoms with van der Waals surface area (Å²) in [4.78, 5) is -3.33. The average molecular weight is 643 g/mol. The van der Waals surface area contributed by atoms with E-state index in [-0.39, 0.29) is 28.6 Å². The van der Waals surface area contributed by atoms with Gasteiger partial charge < -0.3 is 0 Å². The van der Waals surface area contributed by atoms with Gasteiger partial charge in [-0.3, -0.25) is 0 Å². The van der Waals surface area contributed by atoms with E-state index < -0.39 is 72.1 Å². The molecule has 5 aromatic carbocycles. The Morgan fingerprint density at radius 1 is 0.545 bits per heavy atom. The fraction of sp³-hybridized carbons (Fsp3) is 0.0625. The Kier molecular flexibility index (Phi) is 6.86. The molecule has 0 spiro atoms. The normalized spacial score (nSPS) is 13.3. The van der Waals surface area contributed by atoms with Crippen LogP contribution in [0, 0.1) is 60.6 Å². The van der Waals surface area contributed by atoms with Crippen molar-refractivity contribution in [3.63, 3.8) is 0 Å². The standard InChI is InChI=1S/C32H17F11S/c1-16-3-6-19(7-4-16)20-12-22-15-26(35)29(31(38)30(22)25(34)13-20)21-9-17(2)23(24(33)14-21)8-5-18-10-27(36)32(28(37)11-18)44(39,40,41,42)43/h3-4,6-7,9-15H,1-2H3. The number of hydrogen-bond acceptors (Lipinski definition) is 0. The van der Waals surface area contributed by atoms with Crippen molar-refractivity contribution < 1.29 is 45.8 Å². The molecule has 0 bridgehead atoms. The Hall–Kier alpha value is -4.50. The Morgan fingerprint density at radius 3 is 1.70 bits per heavy atom. The lowest BCUT2D eigenvalue weighted by Crippen LogP contribution is -2.11. The maximum Gasteiger partial charge on any atom is 0.315 e. The monoisotopic (exact) mass is 642 g/mol. The first-order valence-electron chi connectivity index (χ1n) is 12.5. The summed E-state index contributed by atoms with van der Waals surface area (Å²) in [5.41, 5.74) is -0.523.